The molecule has 3 aromatic rings. The number of rotatable bonds is 6. The Bertz CT molecular complexity index is 788. The van der Waals surface area contributed by atoms with E-state index in [4.69, 9.17) is 0 Å². The lowest BCUT2D eigenvalue weighted by Crippen LogP contribution is -2.08. The van der Waals surface area contributed by atoms with Crippen molar-refractivity contribution in [2.45, 2.75) is 13.3 Å². The van der Waals surface area contributed by atoms with Crippen LogP contribution in [0.1, 0.15) is 11.3 Å². The molecule has 0 bridgehead atoms. The Kier molecular flexibility index (Phi) is 3.92. The maximum atomic E-state index is 11.4. The van der Waals surface area contributed by atoms with Crippen LogP contribution in [0.5, 0.6) is 0 Å². The van der Waals surface area contributed by atoms with Gasteiger partial charge in [-0.2, -0.15) is 0 Å². The van der Waals surface area contributed by atoms with Crippen LogP contribution in [-0.2, 0) is 0 Å². The third-order valence-corrected chi connectivity index (χ3v) is 4.03. The van der Waals surface area contributed by atoms with Gasteiger partial charge in [-0.25, -0.2) is 4.98 Å². The topological polar surface area (TPSA) is 85.6 Å². The van der Waals surface area contributed by atoms with Crippen LogP contribution in [0.2, 0.25) is 0 Å². The van der Waals surface area contributed by atoms with E-state index >= 15 is 0 Å². The molecule has 21 heavy (non-hydrogen) atoms. The summed E-state index contributed by atoms with van der Waals surface area (Å²) in [6, 6.07) is 5.68. The van der Waals surface area contributed by atoms with Gasteiger partial charge in [-0.15, -0.1) is 11.3 Å². The molecule has 0 atom stereocenters. The highest BCUT2D eigenvalue weighted by Crippen LogP contribution is 2.16. The molecule has 6 nitrogen and oxygen atoms in total. The Balaban J connectivity index is 1.47. The van der Waals surface area contributed by atoms with Crippen molar-refractivity contribution in [1.82, 2.24) is 15.2 Å². The molecule has 110 valence electrons. The summed E-state index contributed by atoms with van der Waals surface area (Å²) in [5, 5.41) is 13.7. The predicted octanol–water partition coefficient (Wildman–Crippen LogP) is 2.54. The molecule has 4 N–H and O–H groups in total. The van der Waals surface area contributed by atoms with Gasteiger partial charge in [-0.3, -0.25) is 15.0 Å². The van der Waals surface area contributed by atoms with E-state index in [0.717, 1.165) is 35.8 Å². The highest BCUT2D eigenvalue weighted by Gasteiger charge is 2.01. The molecule has 0 saturated carbocycles. The number of hydrogen-bond donors (Lipinski definition) is 4. The lowest BCUT2D eigenvalue weighted by Gasteiger charge is -2.06. The van der Waals surface area contributed by atoms with Crippen molar-refractivity contribution < 1.29 is 0 Å². The molecule has 0 unspecified atom stereocenters. The van der Waals surface area contributed by atoms with Crippen molar-refractivity contribution in [3.63, 3.8) is 0 Å². The summed E-state index contributed by atoms with van der Waals surface area (Å²) < 4.78 is 0. The van der Waals surface area contributed by atoms with Crippen LogP contribution < -0.4 is 16.2 Å². The van der Waals surface area contributed by atoms with Gasteiger partial charge in [-0.05, 0) is 31.5 Å². The van der Waals surface area contributed by atoms with E-state index in [1.807, 2.05) is 31.3 Å². The average molecular weight is 303 g/mol. The Labute approximate surface area is 125 Å². The number of anilines is 2. The Morgan fingerprint density at radius 3 is 2.90 bits per heavy atom. The molecule has 0 amide bonds. The van der Waals surface area contributed by atoms with Crippen molar-refractivity contribution >= 4 is 33.1 Å². The highest BCUT2D eigenvalue weighted by molar-refractivity contribution is 7.15. The SMILES string of the molecule is Cc1cnc(NCCCNc2ccc3c(=O)[nH][nH]c3c2)s1. The zero-order valence-corrected chi connectivity index (χ0v) is 12.5. The fourth-order valence-corrected chi connectivity index (χ4v) is 2.79. The third-order valence-electron chi connectivity index (χ3n) is 3.16. The summed E-state index contributed by atoms with van der Waals surface area (Å²) in [7, 11) is 0. The summed E-state index contributed by atoms with van der Waals surface area (Å²) in [6.07, 6.45) is 2.86. The molecule has 0 aliphatic heterocycles. The summed E-state index contributed by atoms with van der Waals surface area (Å²) in [5.41, 5.74) is 1.74. The second kappa shape index (κ2) is 6.01. The minimum atomic E-state index is -0.0838. The normalized spacial score (nSPS) is 10.9. The number of thiazole rings is 1. The molecule has 0 radical (unpaired) electrons. The number of aromatic amines is 2. The number of benzene rings is 1. The van der Waals surface area contributed by atoms with Crippen molar-refractivity contribution in [1.29, 1.82) is 0 Å². The molecule has 2 heterocycles. The first kappa shape index (κ1) is 13.7. The fraction of sp³-hybridized carbons (Fsp3) is 0.286. The van der Waals surface area contributed by atoms with Crippen LogP contribution in [0.25, 0.3) is 10.9 Å². The van der Waals surface area contributed by atoms with Gasteiger partial charge in [0.15, 0.2) is 5.13 Å². The molecule has 1 aromatic carbocycles. The number of hydrogen-bond acceptors (Lipinski definition) is 5. The number of aryl methyl sites for hydroxylation is 1. The zero-order chi connectivity index (χ0) is 14.7. The smallest absolute Gasteiger partial charge is 0.271 e. The number of nitrogens with one attached hydrogen (secondary N) is 4. The van der Waals surface area contributed by atoms with Crippen LogP contribution in [-0.4, -0.2) is 28.3 Å². The number of H-pyrrole nitrogens is 2. The van der Waals surface area contributed by atoms with Crippen LogP contribution in [0, 0.1) is 6.92 Å². The molecule has 0 saturated heterocycles. The van der Waals surface area contributed by atoms with Gasteiger partial charge >= 0.3 is 0 Å². The zero-order valence-electron chi connectivity index (χ0n) is 11.7. The van der Waals surface area contributed by atoms with E-state index in [-0.39, 0.29) is 5.56 Å². The van der Waals surface area contributed by atoms with E-state index < -0.39 is 0 Å². The monoisotopic (exact) mass is 303 g/mol. The second-order valence-corrected chi connectivity index (χ2v) is 6.06. The van der Waals surface area contributed by atoms with E-state index in [1.54, 1.807) is 11.3 Å². The lowest BCUT2D eigenvalue weighted by molar-refractivity contribution is 0.908. The average Bonchev–Trinajstić information content (AvgIpc) is 3.05. The standard InChI is InChI=1S/C14H17N5OS/c1-9-8-17-14(21-9)16-6-2-5-15-10-3-4-11-12(7-10)18-19-13(11)20/h3-4,7-8,15H,2,5-6H2,1H3,(H,16,17)(H2,18,19,20). The maximum Gasteiger partial charge on any atom is 0.271 e. The molecule has 3 rings (SSSR count). The van der Waals surface area contributed by atoms with Crippen molar-refractivity contribution in [2.24, 2.45) is 0 Å². The fourth-order valence-electron chi connectivity index (χ4n) is 2.10. The maximum absolute atomic E-state index is 11.4. The minimum Gasteiger partial charge on any atom is -0.385 e. The second-order valence-electron chi connectivity index (χ2n) is 4.82. The summed E-state index contributed by atoms with van der Waals surface area (Å²) >= 11 is 1.67. The predicted molar refractivity (Wildman–Crippen MR) is 87.4 cm³/mol. The van der Waals surface area contributed by atoms with Gasteiger partial charge in [0.25, 0.3) is 5.56 Å². The van der Waals surface area contributed by atoms with Crippen molar-refractivity contribution in [3.05, 3.63) is 39.6 Å². The molecular formula is C14H17N5OS. The van der Waals surface area contributed by atoms with E-state index in [0.29, 0.717) is 5.39 Å². The number of fused-ring (bicyclic) bond motifs is 1. The molecule has 0 fully saturated rings. The van der Waals surface area contributed by atoms with Crippen LogP contribution in [0.3, 0.4) is 0 Å². The molecule has 7 heteroatoms. The molecular weight excluding hydrogens is 286 g/mol. The summed E-state index contributed by atoms with van der Waals surface area (Å²) in [6.45, 7) is 3.78. The Morgan fingerprint density at radius 2 is 2.10 bits per heavy atom. The van der Waals surface area contributed by atoms with Gasteiger partial charge in [0.05, 0.1) is 10.9 Å². The van der Waals surface area contributed by atoms with E-state index in [1.165, 1.54) is 4.88 Å². The van der Waals surface area contributed by atoms with E-state index in [9.17, 15) is 4.79 Å². The first-order valence-electron chi connectivity index (χ1n) is 6.83. The van der Waals surface area contributed by atoms with Crippen molar-refractivity contribution in [2.75, 3.05) is 23.7 Å². The van der Waals surface area contributed by atoms with Gasteiger partial charge in [0, 0.05) is 29.9 Å². The quantitative estimate of drug-likeness (QED) is 0.527. The molecule has 2 aromatic heterocycles. The van der Waals surface area contributed by atoms with Gasteiger partial charge in [0.2, 0.25) is 0 Å². The first-order chi connectivity index (χ1) is 10.2. The first-order valence-corrected chi connectivity index (χ1v) is 7.64. The molecule has 0 spiro atoms. The third kappa shape index (κ3) is 3.25. The van der Waals surface area contributed by atoms with Gasteiger partial charge < -0.3 is 10.6 Å². The van der Waals surface area contributed by atoms with Gasteiger partial charge in [0.1, 0.15) is 0 Å². The number of aromatic nitrogens is 3. The van der Waals surface area contributed by atoms with Crippen LogP contribution in [0.15, 0.2) is 29.2 Å². The van der Waals surface area contributed by atoms with E-state index in [2.05, 4.69) is 25.8 Å². The van der Waals surface area contributed by atoms with Crippen molar-refractivity contribution in [3.8, 4) is 0 Å². The Morgan fingerprint density at radius 1 is 1.24 bits per heavy atom. The lowest BCUT2D eigenvalue weighted by atomic mass is 10.2. The van der Waals surface area contributed by atoms with Crippen LogP contribution >= 0.6 is 11.3 Å². The molecule has 0 aliphatic carbocycles. The Hall–Kier alpha value is -2.28. The van der Waals surface area contributed by atoms with Crippen LogP contribution in [0.4, 0.5) is 10.8 Å². The highest BCUT2D eigenvalue weighted by atomic mass is 32.1. The number of nitrogens with zero attached hydrogens (tertiary/aromatic N) is 1. The summed E-state index contributed by atoms with van der Waals surface area (Å²) in [5.74, 6) is 0. The summed E-state index contributed by atoms with van der Waals surface area (Å²) in [4.78, 5) is 16.9. The van der Waals surface area contributed by atoms with Gasteiger partial charge in [-0.1, -0.05) is 0 Å². The largest absolute Gasteiger partial charge is 0.385 e. The molecule has 0 aliphatic rings. The minimum absolute atomic E-state index is 0.0838.